The number of aliphatic imine (C=N–C) groups is 1. The van der Waals surface area contributed by atoms with Crippen molar-refractivity contribution in [3.63, 3.8) is 0 Å². The van der Waals surface area contributed by atoms with Crippen molar-refractivity contribution in [2.24, 2.45) is 4.99 Å². The number of hydrogen-bond acceptors (Lipinski definition) is 6. The van der Waals surface area contributed by atoms with Crippen molar-refractivity contribution in [3.05, 3.63) is 23.2 Å². The SMILES string of the molecule is CC(=O)CCSc1ccc2nc(C3=N[C@@H](C)CS3)sc2c1. The fourth-order valence-electron chi connectivity index (χ4n) is 1.99. The molecule has 0 aliphatic carbocycles. The van der Waals surface area contributed by atoms with Crippen LogP contribution in [0.1, 0.15) is 25.3 Å². The van der Waals surface area contributed by atoms with Crippen molar-refractivity contribution in [2.45, 2.75) is 31.2 Å². The van der Waals surface area contributed by atoms with Crippen LogP contribution in [0.2, 0.25) is 0 Å². The molecular formula is C15H16N2OS3. The van der Waals surface area contributed by atoms with Crippen LogP contribution < -0.4 is 0 Å². The van der Waals surface area contributed by atoms with Crippen molar-refractivity contribution in [1.29, 1.82) is 0 Å². The Balaban J connectivity index is 1.78. The third-order valence-electron chi connectivity index (χ3n) is 3.06. The summed E-state index contributed by atoms with van der Waals surface area (Å²) >= 11 is 5.23. The molecule has 3 nitrogen and oxygen atoms in total. The quantitative estimate of drug-likeness (QED) is 0.766. The molecule has 1 aromatic heterocycles. The van der Waals surface area contributed by atoms with Gasteiger partial charge in [-0.1, -0.05) is 0 Å². The van der Waals surface area contributed by atoms with Gasteiger partial charge in [-0.05, 0) is 32.0 Å². The fraction of sp³-hybridized carbons (Fsp3) is 0.400. The second-order valence-corrected chi connectivity index (χ2v) is 8.25. The molecule has 0 unspecified atom stereocenters. The number of Topliss-reactive ketones (excluding diaryl/α,β-unsaturated/α-hetero) is 1. The number of nitrogens with zero attached hydrogens (tertiary/aromatic N) is 2. The number of thioether (sulfide) groups is 2. The van der Waals surface area contributed by atoms with E-state index < -0.39 is 0 Å². The minimum Gasteiger partial charge on any atom is -0.300 e. The second-order valence-electron chi connectivity index (χ2n) is 5.04. The van der Waals surface area contributed by atoms with Crippen molar-refractivity contribution in [2.75, 3.05) is 11.5 Å². The van der Waals surface area contributed by atoms with E-state index in [4.69, 9.17) is 0 Å². The van der Waals surface area contributed by atoms with E-state index in [1.807, 2.05) is 0 Å². The average molecular weight is 337 g/mol. The van der Waals surface area contributed by atoms with Crippen LogP contribution >= 0.6 is 34.9 Å². The number of hydrogen-bond donors (Lipinski definition) is 0. The minimum atomic E-state index is 0.244. The van der Waals surface area contributed by atoms with Gasteiger partial charge in [0.25, 0.3) is 0 Å². The fourth-order valence-corrected chi connectivity index (χ4v) is 5.15. The highest BCUT2D eigenvalue weighted by atomic mass is 32.2. The first-order chi connectivity index (χ1) is 10.1. The summed E-state index contributed by atoms with van der Waals surface area (Å²) in [5, 5.41) is 2.11. The van der Waals surface area contributed by atoms with Crippen LogP contribution in [0.4, 0.5) is 0 Å². The first-order valence-corrected chi connectivity index (χ1v) is 9.64. The Bertz CT molecular complexity index is 708. The number of benzene rings is 1. The Labute approximate surface area is 136 Å². The zero-order chi connectivity index (χ0) is 14.8. The van der Waals surface area contributed by atoms with Crippen LogP contribution in [-0.2, 0) is 4.79 Å². The van der Waals surface area contributed by atoms with E-state index in [1.165, 1.54) is 9.60 Å². The average Bonchev–Trinajstić information content (AvgIpc) is 3.03. The monoisotopic (exact) mass is 336 g/mol. The van der Waals surface area contributed by atoms with Gasteiger partial charge in [0.05, 0.1) is 16.3 Å². The maximum atomic E-state index is 11.0. The van der Waals surface area contributed by atoms with Gasteiger partial charge in [-0.25, -0.2) is 4.98 Å². The summed E-state index contributed by atoms with van der Waals surface area (Å²) < 4.78 is 1.20. The smallest absolute Gasteiger partial charge is 0.149 e. The van der Waals surface area contributed by atoms with Gasteiger partial charge in [0, 0.05) is 22.8 Å². The highest BCUT2D eigenvalue weighted by Gasteiger charge is 2.18. The lowest BCUT2D eigenvalue weighted by molar-refractivity contribution is -0.116. The number of aromatic nitrogens is 1. The summed E-state index contributed by atoms with van der Waals surface area (Å²) in [6.45, 7) is 3.78. The van der Waals surface area contributed by atoms with E-state index in [0.717, 1.165) is 27.1 Å². The predicted molar refractivity (Wildman–Crippen MR) is 94.1 cm³/mol. The first kappa shape index (κ1) is 15.1. The second kappa shape index (κ2) is 6.50. The number of rotatable bonds is 5. The minimum absolute atomic E-state index is 0.244. The van der Waals surface area contributed by atoms with Crippen LogP contribution in [0, 0.1) is 0 Å². The van der Waals surface area contributed by atoms with E-state index in [-0.39, 0.29) is 5.78 Å². The molecule has 3 rings (SSSR count). The number of carbonyl (C=O) groups is 1. The lowest BCUT2D eigenvalue weighted by Gasteiger charge is -1.99. The molecular weight excluding hydrogens is 320 g/mol. The van der Waals surface area contributed by atoms with Crippen molar-refractivity contribution in [1.82, 2.24) is 4.98 Å². The standard InChI is InChI=1S/C15H16N2OS3/c1-9-8-20-14(16-9)15-17-12-4-3-11(7-13(12)21-15)19-6-5-10(2)18/h3-4,7,9H,5-6,8H2,1-2H3/t9-/m0/s1. The van der Waals surface area contributed by atoms with E-state index in [9.17, 15) is 4.79 Å². The van der Waals surface area contributed by atoms with Crippen LogP contribution in [0.15, 0.2) is 28.1 Å². The predicted octanol–water partition coefficient (Wildman–Crippen LogP) is 4.25. The molecule has 1 aliphatic heterocycles. The van der Waals surface area contributed by atoms with Crippen LogP contribution in [0.5, 0.6) is 0 Å². The number of carbonyl (C=O) groups excluding carboxylic acids is 1. The molecule has 1 aromatic carbocycles. The van der Waals surface area contributed by atoms with Crippen molar-refractivity contribution >= 4 is 55.9 Å². The normalized spacial score (nSPS) is 18.2. The third-order valence-corrected chi connectivity index (χ3v) is 6.44. The van der Waals surface area contributed by atoms with Gasteiger partial charge < -0.3 is 0 Å². The summed E-state index contributed by atoms with van der Waals surface area (Å²) in [7, 11) is 0. The summed E-state index contributed by atoms with van der Waals surface area (Å²) in [6, 6.07) is 6.72. The third kappa shape index (κ3) is 3.67. The first-order valence-electron chi connectivity index (χ1n) is 6.85. The van der Waals surface area contributed by atoms with Gasteiger partial charge in [0.1, 0.15) is 15.8 Å². The molecule has 1 aliphatic rings. The zero-order valence-electron chi connectivity index (χ0n) is 12.0. The number of thiazole rings is 1. The molecule has 0 saturated heterocycles. The topological polar surface area (TPSA) is 42.3 Å². The summed E-state index contributed by atoms with van der Waals surface area (Å²) in [4.78, 5) is 21.5. The molecule has 0 radical (unpaired) electrons. The molecule has 110 valence electrons. The Morgan fingerprint density at radius 2 is 2.33 bits per heavy atom. The van der Waals surface area contributed by atoms with Gasteiger partial charge in [-0.15, -0.1) is 34.9 Å². The van der Waals surface area contributed by atoms with E-state index in [2.05, 4.69) is 35.1 Å². The molecule has 0 N–H and O–H groups in total. The van der Waals surface area contributed by atoms with Gasteiger partial charge >= 0.3 is 0 Å². The lowest BCUT2D eigenvalue weighted by atomic mass is 10.3. The van der Waals surface area contributed by atoms with Crippen LogP contribution in [-0.4, -0.2) is 33.4 Å². The van der Waals surface area contributed by atoms with Crippen LogP contribution in [0.25, 0.3) is 10.2 Å². The summed E-state index contributed by atoms with van der Waals surface area (Å²) in [6.07, 6.45) is 0.627. The van der Waals surface area contributed by atoms with Crippen LogP contribution in [0.3, 0.4) is 0 Å². The van der Waals surface area contributed by atoms with Crippen molar-refractivity contribution < 1.29 is 4.79 Å². The molecule has 0 bridgehead atoms. The van der Waals surface area contributed by atoms with E-state index >= 15 is 0 Å². The van der Waals surface area contributed by atoms with Crippen molar-refractivity contribution in [3.8, 4) is 0 Å². The molecule has 2 aromatic rings. The zero-order valence-corrected chi connectivity index (χ0v) is 14.4. The molecule has 0 spiro atoms. The maximum absolute atomic E-state index is 11.0. The molecule has 0 saturated carbocycles. The number of ketones is 1. The largest absolute Gasteiger partial charge is 0.300 e. The van der Waals surface area contributed by atoms with E-state index in [0.29, 0.717) is 12.5 Å². The molecule has 0 fully saturated rings. The molecule has 0 amide bonds. The Hall–Kier alpha value is -0.850. The Morgan fingerprint density at radius 1 is 1.48 bits per heavy atom. The summed E-state index contributed by atoms with van der Waals surface area (Å²) in [5.74, 6) is 2.14. The van der Waals surface area contributed by atoms with Gasteiger partial charge in [-0.2, -0.15) is 0 Å². The van der Waals surface area contributed by atoms with Gasteiger partial charge in [-0.3, -0.25) is 9.79 Å². The Kier molecular flexibility index (Phi) is 4.66. The van der Waals surface area contributed by atoms with Gasteiger partial charge in [0.15, 0.2) is 0 Å². The highest BCUT2D eigenvalue weighted by molar-refractivity contribution is 8.15. The lowest BCUT2D eigenvalue weighted by Crippen LogP contribution is -1.93. The van der Waals surface area contributed by atoms with Gasteiger partial charge in [0.2, 0.25) is 0 Å². The molecule has 21 heavy (non-hydrogen) atoms. The Morgan fingerprint density at radius 3 is 3.05 bits per heavy atom. The maximum Gasteiger partial charge on any atom is 0.149 e. The molecule has 6 heteroatoms. The summed E-state index contributed by atoms with van der Waals surface area (Å²) in [5.41, 5.74) is 1.04. The molecule has 1 atom stereocenters. The highest BCUT2D eigenvalue weighted by Crippen LogP contribution is 2.32. The van der Waals surface area contributed by atoms with E-state index in [1.54, 1.807) is 41.8 Å². The number of fused-ring (bicyclic) bond motifs is 1. The molecule has 2 heterocycles.